The van der Waals surface area contributed by atoms with Gasteiger partial charge >= 0.3 is 0 Å². The summed E-state index contributed by atoms with van der Waals surface area (Å²) in [6, 6.07) is 3.71. The molecule has 1 aromatic carbocycles. The average Bonchev–Trinajstić information content (AvgIpc) is 2.33. The van der Waals surface area contributed by atoms with E-state index in [2.05, 4.69) is 5.32 Å². The van der Waals surface area contributed by atoms with Crippen molar-refractivity contribution in [3.8, 4) is 0 Å². The number of aldehydes is 1. The van der Waals surface area contributed by atoms with Crippen LogP contribution in [0.5, 0.6) is 0 Å². The quantitative estimate of drug-likeness (QED) is 0.827. The number of hydrogen-bond acceptors (Lipinski definition) is 2. The molecule has 1 aliphatic heterocycles. The predicted octanol–water partition coefficient (Wildman–Crippen LogP) is 2.21. The number of carbonyl (C=O) groups excluding carboxylic acids is 1. The van der Waals surface area contributed by atoms with E-state index in [1.807, 2.05) is 0 Å². The minimum Gasteiger partial charge on any atom is -0.317 e. The molecular formula is C12H14ClF2NO. The van der Waals surface area contributed by atoms with Crippen LogP contribution in [0.3, 0.4) is 0 Å². The fourth-order valence-corrected chi connectivity index (χ4v) is 2.15. The summed E-state index contributed by atoms with van der Waals surface area (Å²) in [6.45, 7) is 1.44. The topological polar surface area (TPSA) is 29.1 Å². The van der Waals surface area contributed by atoms with E-state index < -0.39 is 17.0 Å². The van der Waals surface area contributed by atoms with E-state index in [-0.39, 0.29) is 12.4 Å². The highest BCUT2D eigenvalue weighted by Crippen LogP contribution is 2.32. The fraction of sp³-hybridized carbons (Fsp3) is 0.417. The summed E-state index contributed by atoms with van der Waals surface area (Å²) in [7, 11) is 0. The van der Waals surface area contributed by atoms with Gasteiger partial charge in [-0.3, -0.25) is 0 Å². The molecule has 2 nitrogen and oxygen atoms in total. The molecule has 1 heterocycles. The second kappa shape index (κ2) is 5.56. The minimum absolute atomic E-state index is 0. The zero-order valence-electron chi connectivity index (χ0n) is 9.21. The average molecular weight is 262 g/mol. The van der Waals surface area contributed by atoms with Gasteiger partial charge in [0.15, 0.2) is 11.6 Å². The van der Waals surface area contributed by atoms with Crippen LogP contribution in [0.1, 0.15) is 18.4 Å². The molecule has 94 valence electrons. The summed E-state index contributed by atoms with van der Waals surface area (Å²) in [5, 5.41) is 3.14. The molecule has 0 aliphatic carbocycles. The number of rotatable bonds is 2. The van der Waals surface area contributed by atoms with E-state index in [4.69, 9.17) is 0 Å². The Kier molecular flexibility index (Phi) is 4.60. The lowest BCUT2D eigenvalue weighted by atomic mass is 9.74. The first-order valence-electron chi connectivity index (χ1n) is 5.30. The molecule has 0 amide bonds. The van der Waals surface area contributed by atoms with Crippen molar-refractivity contribution in [2.45, 2.75) is 18.3 Å². The van der Waals surface area contributed by atoms with Crippen molar-refractivity contribution in [2.24, 2.45) is 0 Å². The van der Waals surface area contributed by atoms with Crippen LogP contribution in [-0.4, -0.2) is 19.4 Å². The molecule has 0 saturated carbocycles. The van der Waals surface area contributed by atoms with Crippen LogP contribution in [0, 0.1) is 11.6 Å². The molecule has 1 fully saturated rings. The van der Waals surface area contributed by atoms with Crippen molar-refractivity contribution >= 4 is 18.7 Å². The molecule has 17 heavy (non-hydrogen) atoms. The number of carbonyl (C=O) groups is 1. The van der Waals surface area contributed by atoms with Gasteiger partial charge in [-0.25, -0.2) is 8.78 Å². The van der Waals surface area contributed by atoms with Crippen LogP contribution in [0.2, 0.25) is 0 Å². The molecule has 1 saturated heterocycles. The van der Waals surface area contributed by atoms with Crippen LogP contribution >= 0.6 is 12.4 Å². The monoisotopic (exact) mass is 261 g/mol. The van der Waals surface area contributed by atoms with Gasteiger partial charge in [0.05, 0.1) is 5.41 Å². The number of benzene rings is 1. The van der Waals surface area contributed by atoms with E-state index in [1.54, 1.807) is 0 Å². The molecular weight excluding hydrogens is 248 g/mol. The molecule has 0 unspecified atom stereocenters. The predicted molar refractivity (Wildman–Crippen MR) is 63.5 cm³/mol. The van der Waals surface area contributed by atoms with Gasteiger partial charge in [-0.15, -0.1) is 12.4 Å². The van der Waals surface area contributed by atoms with Crippen molar-refractivity contribution in [2.75, 3.05) is 13.1 Å². The first-order chi connectivity index (χ1) is 7.68. The number of piperidine rings is 1. The highest BCUT2D eigenvalue weighted by Gasteiger charge is 2.34. The standard InChI is InChI=1S/C12H13F2NO.ClH/c13-10-2-1-9(7-11(10)14)12(8-16)3-5-15-6-4-12;/h1-2,7-8,15H,3-6H2;1H. The zero-order valence-corrected chi connectivity index (χ0v) is 10.0. The summed E-state index contributed by atoms with van der Waals surface area (Å²) in [4.78, 5) is 11.2. The molecule has 1 aromatic rings. The van der Waals surface area contributed by atoms with Crippen LogP contribution in [0.15, 0.2) is 18.2 Å². The maximum Gasteiger partial charge on any atom is 0.159 e. The number of nitrogens with one attached hydrogen (secondary N) is 1. The Hall–Kier alpha value is -1.00. The molecule has 0 bridgehead atoms. The summed E-state index contributed by atoms with van der Waals surface area (Å²) in [5.41, 5.74) is -0.0809. The van der Waals surface area contributed by atoms with Crippen molar-refractivity contribution in [1.82, 2.24) is 5.32 Å². The summed E-state index contributed by atoms with van der Waals surface area (Å²) >= 11 is 0. The third-order valence-corrected chi connectivity index (χ3v) is 3.22. The smallest absolute Gasteiger partial charge is 0.159 e. The second-order valence-corrected chi connectivity index (χ2v) is 4.15. The Morgan fingerprint density at radius 1 is 1.18 bits per heavy atom. The fourth-order valence-electron chi connectivity index (χ4n) is 2.15. The summed E-state index contributed by atoms with van der Waals surface area (Å²) in [5.74, 6) is -1.77. The van der Waals surface area contributed by atoms with Gasteiger partial charge in [0, 0.05) is 0 Å². The van der Waals surface area contributed by atoms with Gasteiger partial charge in [0.1, 0.15) is 6.29 Å². The van der Waals surface area contributed by atoms with Crippen LogP contribution in [-0.2, 0) is 10.2 Å². The molecule has 0 radical (unpaired) electrons. The van der Waals surface area contributed by atoms with Gasteiger partial charge in [-0.2, -0.15) is 0 Å². The lowest BCUT2D eigenvalue weighted by molar-refractivity contribution is -0.113. The molecule has 0 aromatic heterocycles. The SMILES string of the molecule is Cl.O=CC1(c2ccc(F)c(F)c2)CCNCC1. The van der Waals surface area contributed by atoms with E-state index in [9.17, 15) is 13.6 Å². The molecule has 1 N–H and O–H groups in total. The van der Waals surface area contributed by atoms with E-state index in [0.717, 1.165) is 31.5 Å². The van der Waals surface area contributed by atoms with Crippen LogP contribution in [0.4, 0.5) is 8.78 Å². The lowest BCUT2D eigenvalue weighted by Crippen LogP contribution is -2.41. The van der Waals surface area contributed by atoms with Gasteiger partial charge in [-0.1, -0.05) is 6.07 Å². The normalized spacial score (nSPS) is 18.2. The molecule has 5 heteroatoms. The van der Waals surface area contributed by atoms with Crippen LogP contribution < -0.4 is 5.32 Å². The summed E-state index contributed by atoms with van der Waals surface area (Å²) < 4.78 is 26.0. The maximum absolute atomic E-state index is 13.1. The Morgan fingerprint density at radius 2 is 1.82 bits per heavy atom. The number of halogens is 3. The van der Waals surface area contributed by atoms with E-state index >= 15 is 0 Å². The third-order valence-electron chi connectivity index (χ3n) is 3.22. The van der Waals surface area contributed by atoms with Crippen LogP contribution in [0.25, 0.3) is 0 Å². The molecule has 0 spiro atoms. The van der Waals surface area contributed by atoms with E-state index in [0.29, 0.717) is 18.4 Å². The Bertz CT molecular complexity index is 405. The highest BCUT2D eigenvalue weighted by molar-refractivity contribution is 5.85. The Balaban J connectivity index is 0.00000144. The molecule has 1 aliphatic rings. The van der Waals surface area contributed by atoms with Gasteiger partial charge in [0.2, 0.25) is 0 Å². The Morgan fingerprint density at radius 3 is 2.35 bits per heavy atom. The number of hydrogen-bond donors (Lipinski definition) is 1. The highest BCUT2D eigenvalue weighted by atomic mass is 35.5. The second-order valence-electron chi connectivity index (χ2n) is 4.15. The third kappa shape index (κ3) is 2.64. The minimum atomic E-state index is -0.891. The lowest BCUT2D eigenvalue weighted by Gasteiger charge is -2.33. The maximum atomic E-state index is 13.1. The van der Waals surface area contributed by atoms with Crippen molar-refractivity contribution in [3.05, 3.63) is 35.4 Å². The van der Waals surface area contributed by atoms with Crippen molar-refractivity contribution < 1.29 is 13.6 Å². The Labute approximate surface area is 105 Å². The zero-order chi connectivity index (χ0) is 11.6. The van der Waals surface area contributed by atoms with E-state index in [1.165, 1.54) is 6.07 Å². The molecule has 0 atom stereocenters. The molecule has 2 rings (SSSR count). The van der Waals surface area contributed by atoms with Crippen molar-refractivity contribution in [1.29, 1.82) is 0 Å². The first-order valence-corrected chi connectivity index (χ1v) is 5.30. The summed E-state index contributed by atoms with van der Waals surface area (Å²) in [6.07, 6.45) is 2.11. The van der Waals surface area contributed by atoms with Crippen molar-refractivity contribution in [3.63, 3.8) is 0 Å². The van der Waals surface area contributed by atoms with Gasteiger partial charge < -0.3 is 10.1 Å². The largest absolute Gasteiger partial charge is 0.317 e. The van der Waals surface area contributed by atoms with Gasteiger partial charge in [-0.05, 0) is 43.6 Å². The first kappa shape index (κ1) is 14.1. The van der Waals surface area contributed by atoms with Gasteiger partial charge in [0.25, 0.3) is 0 Å².